The second kappa shape index (κ2) is 10.0. The summed E-state index contributed by atoms with van der Waals surface area (Å²) in [6.07, 6.45) is 4.80. The Morgan fingerprint density at radius 2 is 2.00 bits per heavy atom. The molecule has 2 aliphatic heterocycles. The summed E-state index contributed by atoms with van der Waals surface area (Å²) >= 11 is -0.0402. The van der Waals surface area contributed by atoms with Crippen LogP contribution in [-0.2, 0) is 16.1 Å². The van der Waals surface area contributed by atoms with Crippen LogP contribution in [0.3, 0.4) is 0 Å². The molecule has 0 spiro atoms. The molecule has 0 aromatic heterocycles. The summed E-state index contributed by atoms with van der Waals surface area (Å²) in [7, 11) is 1.67. The van der Waals surface area contributed by atoms with Crippen molar-refractivity contribution in [3.63, 3.8) is 0 Å². The summed E-state index contributed by atoms with van der Waals surface area (Å²) < 4.78 is 19.2. The molecule has 0 aliphatic carbocycles. The van der Waals surface area contributed by atoms with Gasteiger partial charge in [0.25, 0.3) is 0 Å². The first-order valence-electron chi connectivity index (χ1n) is 8.67. The average Bonchev–Trinajstić information content (AvgIpc) is 2.68. The molecule has 1 N–H and O–H groups in total. The van der Waals surface area contributed by atoms with Crippen LogP contribution in [0.1, 0.15) is 12.0 Å². The minimum absolute atomic E-state index is 0.0402. The summed E-state index contributed by atoms with van der Waals surface area (Å²) in [6.45, 7) is 6.34. The molecule has 0 amide bonds. The van der Waals surface area contributed by atoms with Crippen molar-refractivity contribution in [3.05, 3.63) is 51.7 Å². The zero-order chi connectivity index (χ0) is 17.3. The molecule has 0 saturated carbocycles. The number of ether oxygens (including phenoxy) is 3. The van der Waals surface area contributed by atoms with Crippen LogP contribution < -0.4 is 31.3 Å². The van der Waals surface area contributed by atoms with Gasteiger partial charge >= 0.3 is 160 Å². The zero-order valence-electron chi connectivity index (χ0n) is 14.7. The van der Waals surface area contributed by atoms with Gasteiger partial charge in [-0.05, 0) is 0 Å². The third kappa shape index (κ3) is 6.20. The van der Waals surface area contributed by atoms with Crippen molar-refractivity contribution < 1.29 is 35.4 Å². The number of rotatable bonds is 8. The molecular weight excluding hydrogens is 431 g/mol. The van der Waals surface area contributed by atoms with Crippen molar-refractivity contribution in [3.8, 4) is 5.75 Å². The van der Waals surface area contributed by atoms with Crippen LogP contribution in [0.4, 0.5) is 0 Å². The number of methoxy groups -OCH3 is 1. The van der Waals surface area contributed by atoms with Gasteiger partial charge in [0.1, 0.15) is 0 Å². The Hall–Kier alpha value is -1.25. The molecule has 1 saturated heterocycles. The summed E-state index contributed by atoms with van der Waals surface area (Å²) in [4.78, 5) is 2.54. The van der Waals surface area contributed by atoms with Crippen molar-refractivity contribution >= 4 is 0 Å². The number of allylic oxidation sites excluding steroid dienone is 1. The van der Waals surface area contributed by atoms with Crippen LogP contribution in [0.2, 0.25) is 0 Å². The normalized spacial score (nSPS) is 18.3. The molecule has 0 unspecified atom stereocenters. The van der Waals surface area contributed by atoms with Crippen LogP contribution in [0.15, 0.2) is 46.1 Å². The Morgan fingerprint density at radius 3 is 2.68 bits per heavy atom. The van der Waals surface area contributed by atoms with Crippen molar-refractivity contribution in [1.82, 2.24) is 10.2 Å². The fourth-order valence-electron chi connectivity index (χ4n) is 2.67. The van der Waals surface area contributed by atoms with E-state index < -0.39 is 0 Å². The fourth-order valence-corrected chi connectivity index (χ4v) is 4.96. The maximum absolute atomic E-state index is 5.84. The van der Waals surface area contributed by atoms with Crippen LogP contribution >= 0.6 is 0 Å². The van der Waals surface area contributed by atoms with E-state index in [2.05, 4.69) is 16.3 Å². The SMILES string of the molecule is COc1ccc(COC2=COC([I-]CCN3CCNCC3)=CC2)cc1. The molecule has 2 heterocycles. The van der Waals surface area contributed by atoms with E-state index in [-0.39, 0.29) is 21.2 Å². The zero-order valence-corrected chi connectivity index (χ0v) is 16.8. The third-order valence-corrected chi connectivity index (χ3v) is 6.65. The topological polar surface area (TPSA) is 43.0 Å². The van der Waals surface area contributed by atoms with Crippen molar-refractivity contribution in [2.75, 3.05) is 44.3 Å². The first kappa shape index (κ1) is 18.5. The number of nitrogens with zero attached hydrogens (tertiary/aromatic N) is 1. The molecule has 6 heteroatoms. The van der Waals surface area contributed by atoms with E-state index in [1.165, 1.54) is 27.8 Å². The monoisotopic (exact) mass is 457 g/mol. The van der Waals surface area contributed by atoms with Crippen LogP contribution in [0.5, 0.6) is 5.75 Å². The number of piperazine rings is 1. The summed E-state index contributed by atoms with van der Waals surface area (Å²) in [5.74, 6) is 1.76. The van der Waals surface area contributed by atoms with E-state index in [1.54, 1.807) is 13.4 Å². The van der Waals surface area contributed by atoms with E-state index >= 15 is 0 Å². The third-order valence-electron chi connectivity index (χ3n) is 4.19. The van der Waals surface area contributed by atoms with Crippen molar-refractivity contribution in [2.24, 2.45) is 0 Å². The predicted octanol–water partition coefficient (Wildman–Crippen LogP) is -0.691. The van der Waals surface area contributed by atoms with Gasteiger partial charge in [0, 0.05) is 0 Å². The first-order valence-corrected chi connectivity index (χ1v) is 11.3. The van der Waals surface area contributed by atoms with Crippen LogP contribution in [-0.4, -0.2) is 49.2 Å². The molecule has 0 bridgehead atoms. The molecule has 2 aliphatic rings. The number of nitrogens with one attached hydrogen (secondary N) is 1. The number of alkyl halides is 1. The van der Waals surface area contributed by atoms with Crippen LogP contribution in [0, 0.1) is 0 Å². The average molecular weight is 457 g/mol. The van der Waals surface area contributed by atoms with Crippen molar-refractivity contribution in [2.45, 2.75) is 13.0 Å². The van der Waals surface area contributed by atoms with E-state index in [0.29, 0.717) is 6.61 Å². The molecule has 3 rings (SSSR count). The van der Waals surface area contributed by atoms with Gasteiger partial charge in [0.05, 0.1) is 0 Å². The maximum atomic E-state index is 5.84. The first-order chi connectivity index (χ1) is 12.3. The number of hydrogen-bond acceptors (Lipinski definition) is 5. The molecule has 1 aromatic rings. The Morgan fingerprint density at radius 1 is 1.20 bits per heavy atom. The summed E-state index contributed by atoms with van der Waals surface area (Å²) in [6, 6.07) is 7.94. The molecule has 1 fully saturated rings. The van der Waals surface area contributed by atoms with Gasteiger partial charge in [-0.1, -0.05) is 0 Å². The molecule has 1 aromatic carbocycles. The molecule has 5 nitrogen and oxygen atoms in total. The quantitative estimate of drug-likeness (QED) is 0.414. The number of halogens is 1. The van der Waals surface area contributed by atoms with Gasteiger partial charge in [0.15, 0.2) is 0 Å². The Kier molecular flexibility index (Phi) is 7.44. The Labute approximate surface area is 160 Å². The molecule has 138 valence electrons. The minimum atomic E-state index is -0.0402. The second-order valence-electron chi connectivity index (χ2n) is 5.97. The van der Waals surface area contributed by atoms with E-state index in [1.807, 2.05) is 24.3 Å². The molecule has 0 radical (unpaired) electrons. The summed E-state index contributed by atoms with van der Waals surface area (Å²) in [5.41, 5.74) is 1.12. The van der Waals surface area contributed by atoms with Crippen LogP contribution in [0.25, 0.3) is 0 Å². The predicted molar refractivity (Wildman–Crippen MR) is 93.8 cm³/mol. The van der Waals surface area contributed by atoms with Gasteiger partial charge in [-0.3, -0.25) is 0 Å². The Balaban J connectivity index is 1.33. The standard InChI is InChI=1S/C19H26IN2O3/c1-23-17-4-2-16(3-5-17)14-24-18-6-7-19(25-15-18)20-8-11-22-12-9-21-10-13-22/h2-5,7,15,21H,6,8-14H2,1H3/q-1. The molecule has 0 atom stereocenters. The van der Waals surface area contributed by atoms with Gasteiger partial charge < -0.3 is 0 Å². The number of benzene rings is 1. The second-order valence-corrected chi connectivity index (χ2v) is 8.87. The Bertz CT molecular complexity index is 595. The van der Waals surface area contributed by atoms with Gasteiger partial charge in [0.2, 0.25) is 0 Å². The van der Waals surface area contributed by atoms with E-state index in [0.717, 1.165) is 36.6 Å². The van der Waals surface area contributed by atoms with E-state index in [9.17, 15) is 0 Å². The molecule has 25 heavy (non-hydrogen) atoms. The van der Waals surface area contributed by atoms with Gasteiger partial charge in [-0.2, -0.15) is 0 Å². The molecular formula is C19H26IN2O3-. The van der Waals surface area contributed by atoms with Crippen molar-refractivity contribution in [1.29, 1.82) is 0 Å². The van der Waals surface area contributed by atoms with E-state index in [4.69, 9.17) is 14.2 Å². The number of hydrogen-bond donors (Lipinski definition) is 1. The van der Waals surface area contributed by atoms with Gasteiger partial charge in [-0.25, -0.2) is 0 Å². The summed E-state index contributed by atoms with van der Waals surface area (Å²) in [5, 5.41) is 3.39. The fraction of sp³-hybridized carbons (Fsp3) is 0.474. The van der Waals surface area contributed by atoms with Gasteiger partial charge in [-0.15, -0.1) is 0 Å².